The first-order valence-electron chi connectivity index (χ1n) is 7.90. The highest BCUT2D eigenvalue weighted by atomic mass is 35.5. The van der Waals surface area contributed by atoms with Crippen LogP contribution < -0.4 is 14.8 Å². The Morgan fingerprint density at radius 2 is 1.89 bits per heavy atom. The van der Waals surface area contributed by atoms with Crippen LogP contribution in [-0.4, -0.2) is 38.5 Å². The highest BCUT2D eigenvalue weighted by Gasteiger charge is 2.12. The summed E-state index contributed by atoms with van der Waals surface area (Å²) in [6.07, 6.45) is 0.667. The summed E-state index contributed by atoms with van der Waals surface area (Å²) in [5.74, 6) is -0.648. The van der Waals surface area contributed by atoms with Crippen LogP contribution in [0.1, 0.15) is 15.9 Å². The van der Waals surface area contributed by atoms with E-state index in [0.29, 0.717) is 28.3 Å². The van der Waals surface area contributed by atoms with Gasteiger partial charge in [0.05, 0.1) is 7.11 Å². The van der Waals surface area contributed by atoms with Crippen molar-refractivity contribution in [1.82, 2.24) is 0 Å². The number of anilines is 1. The smallest absolute Gasteiger partial charge is 0.344 e. The van der Waals surface area contributed by atoms with E-state index in [1.807, 2.05) is 6.92 Å². The minimum absolute atomic E-state index is 0.277. The first kappa shape index (κ1) is 20.3. The zero-order valence-electron chi connectivity index (χ0n) is 14.8. The molecule has 0 aliphatic rings. The van der Waals surface area contributed by atoms with Gasteiger partial charge in [-0.05, 0) is 42.8 Å². The van der Waals surface area contributed by atoms with Gasteiger partial charge >= 0.3 is 5.97 Å². The van der Waals surface area contributed by atoms with Crippen LogP contribution in [0, 0.1) is 6.92 Å². The molecule has 0 aliphatic heterocycles. The molecule has 2 aromatic rings. The van der Waals surface area contributed by atoms with E-state index in [1.165, 1.54) is 25.3 Å². The Morgan fingerprint density at radius 3 is 2.56 bits per heavy atom. The Bertz CT molecular complexity index is 852. The van der Waals surface area contributed by atoms with Gasteiger partial charge in [0.1, 0.15) is 6.29 Å². The maximum absolute atomic E-state index is 11.8. The Balaban J connectivity index is 1.81. The fourth-order valence-corrected chi connectivity index (χ4v) is 2.25. The van der Waals surface area contributed by atoms with Gasteiger partial charge in [-0.1, -0.05) is 17.7 Å². The topological polar surface area (TPSA) is 90.9 Å². The van der Waals surface area contributed by atoms with Gasteiger partial charge in [0, 0.05) is 16.3 Å². The standard InChI is InChI=1S/C19H18ClNO6/c1-12-3-5-14(8-15(12)20)21-18(23)10-27-19(24)11-26-16-6-4-13(9-22)7-17(16)25-2/h3-9H,10-11H2,1-2H3,(H,21,23). The molecule has 0 bridgehead atoms. The molecular formula is C19H18ClNO6. The van der Waals surface area contributed by atoms with E-state index in [1.54, 1.807) is 18.2 Å². The molecule has 0 aliphatic carbocycles. The first-order valence-corrected chi connectivity index (χ1v) is 8.28. The SMILES string of the molecule is COc1cc(C=O)ccc1OCC(=O)OCC(=O)Nc1ccc(C)c(Cl)c1. The minimum Gasteiger partial charge on any atom is -0.493 e. The summed E-state index contributed by atoms with van der Waals surface area (Å²) in [4.78, 5) is 34.3. The molecule has 0 radical (unpaired) electrons. The number of ether oxygens (including phenoxy) is 3. The van der Waals surface area contributed by atoms with E-state index in [-0.39, 0.29) is 5.75 Å². The van der Waals surface area contributed by atoms with Gasteiger partial charge in [-0.3, -0.25) is 9.59 Å². The fraction of sp³-hybridized carbons (Fsp3) is 0.211. The lowest BCUT2D eigenvalue weighted by atomic mass is 10.2. The zero-order chi connectivity index (χ0) is 19.8. The molecule has 0 heterocycles. The number of halogens is 1. The molecule has 0 saturated heterocycles. The van der Waals surface area contributed by atoms with E-state index >= 15 is 0 Å². The number of nitrogens with one attached hydrogen (secondary N) is 1. The molecule has 8 heteroatoms. The average Bonchev–Trinajstić information content (AvgIpc) is 2.67. The van der Waals surface area contributed by atoms with Crippen LogP contribution in [0.2, 0.25) is 5.02 Å². The Labute approximate surface area is 161 Å². The fourth-order valence-electron chi connectivity index (χ4n) is 2.07. The highest BCUT2D eigenvalue weighted by Crippen LogP contribution is 2.27. The second kappa shape index (κ2) is 9.59. The maximum Gasteiger partial charge on any atom is 0.344 e. The van der Waals surface area contributed by atoms with Crippen LogP contribution in [0.5, 0.6) is 11.5 Å². The normalized spacial score (nSPS) is 10.0. The second-order valence-corrected chi connectivity index (χ2v) is 5.90. The molecule has 27 heavy (non-hydrogen) atoms. The summed E-state index contributed by atoms with van der Waals surface area (Å²) in [7, 11) is 1.41. The van der Waals surface area contributed by atoms with Crippen molar-refractivity contribution in [2.24, 2.45) is 0 Å². The summed E-state index contributed by atoms with van der Waals surface area (Å²) in [6.45, 7) is 0.965. The molecule has 142 valence electrons. The lowest BCUT2D eigenvalue weighted by molar-refractivity contribution is -0.149. The molecule has 0 atom stereocenters. The molecule has 0 spiro atoms. The van der Waals surface area contributed by atoms with Gasteiger partial charge in [-0.15, -0.1) is 0 Å². The van der Waals surface area contributed by atoms with Crippen molar-refractivity contribution in [2.75, 3.05) is 25.6 Å². The predicted molar refractivity (Wildman–Crippen MR) is 99.7 cm³/mol. The van der Waals surface area contributed by atoms with Gasteiger partial charge < -0.3 is 19.5 Å². The van der Waals surface area contributed by atoms with Gasteiger partial charge in [-0.2, -0.15) is 0 Å². The number of rotatable bonds is 8. The van der Waals surface area contributed by atoms with E-state index in [0.717, 1.165) is 5.56 Å². The molecule has 0 saturated carbocycles. The van der Waals surface area contributed by atoms with Crippen LogP contribution in [0.25, 0.3) is 0 Å². The number of aldehydes is 1. The van der Waals surface area contributed by atoms with Crippen LogP contribution >= 0.6 is 11.6 Å². The Kier molecular flexibility index (Phi) is 7.19. The van der Waals surface area contributed by atoms with Crippen molar-refractivity contribution in [3.8, 4) is 11.5 Å². The van der Waals surface area contributed by atoms with Crippen molar-refractivity contribution < 1.29 is 28.6 Å². The third kappa shape index (κ3) is 6.00. The van der Waals surface area contributed by atoms with Gasteiger partial charge in [0.25, 0.3) is 5.91 Å². The lowest BCUT2D eigenvalue weighted by Gasteiger charge is -2.11. The van der Waals surface area contributed by atoms with Crippen LogP contribution in [0.4, 0.5) is 5.69 Å². The Morgan fingerprint density at radius 1 is 1.11 bits per heavy atom. The second-order valence-electron chi connectivity index (χ2n) is 5.49. The van der Waals surface area contributed by atoms with Crippen LogP contribution in [0.3, 0.4) is 0 Å². The summed E-state index contributed by atoms with van der Waals surface area (Å²) in [6, 6.07) is 9.57. The number of amides is 1. The van der Waals surface area contributed by atoms with E-state index < -0.39 is 25.1 Å². The minimum atomic E-state index is -0.728. The number of esters is 1. The molecular weight excluding hydrogens is 374 g/mol. The number of methoxy groups -OCH3 is 1. The quantitative estimate of drug-likeness (QED) is 0.549. The molecule has 0 aromatic heterocycles. The highest BCUT2D eigenvalue weighted by molar-refractivity contribution is 6.31. The molecule has 7 nitrogen and oxygen atoms in total. The van der Waals surface area contributed by atoms with Crippen molar-refractivity contribution in [3.05, 3.63) is 52.5 Å². The molecule has 2 aromatic carbocycles. The number of aryl methyl sites for hydroxylation is 1. The van der Waals surface area contributed by atoms with E-state index in [2.05, 4.69) is 5.32 Å². The molecule has 1 N–H and O–H groups in total. The van der Waals surface area contributed by atoms with Crippen LogP contribution in [0.15, 0.2) is 36.4 Å². The van der Waals surface area contributed by atoms with Crippen molar-refractivity contribution in [2.45, 2.75) is 6.92 Å². The third-order valence-corrected chi connectivity index (χ3v) is 3.90. The number of hydrogen-bond donors (Lipinski definition) is 1. The van der Waals surface area contributed by atoms with Crippen molar-refractivity contribution in [1.29, 1.82) is 0 Å². The van der Waals surface area contributed by atoms with Gasteiger partial charge in [-0.25, -0.2) is 4.79 Å². The number of benzene rings is 2. The maximum atomic E-state index is 11.8. The van der Waals surface area contributed by atoms with E-state index in [4.69, 9.17) is 25.8 Å². The molecule has 0 unspecified atom stereocenters. The molecule has 0 fully saturated rings. The van der Waals surface area contributed by atoms with E-state index in [9.17, 15) is 14.4 Å². The Hall–Kier alpha value is -3.06. The van der Waals surface area contributed by atoms with Crippen molar-refractivity contribution >= 4 is 35.5 Å². The third-order valence-electron chi connectivity index (χ3n) is 3.49. The largest absolute Gasteiger partial charge is 0.493 e. The van der Waals surface area contributed by atoms with Gasteiger partial charge in [0.2, 0.25) is 0 Å². The number of carbonyl (C=O) groups is 3. The summed E-state index contributed by atoms with van der Waals surface area (Å²) >= 11 is 5.99. The van der Waals surface area contributed by atoms with Crippen LogP contribution in [-0.2, 0) is 14.3 Å². The summed E-state index contributed by atoms with van der Waals surface area (Å²) in [5, 5.41) is 3.10. The predicted octanol–water partition coefficient (Wildman–Crippen LogP) is 3.03. The van der Waals surface area contributed by atoms with Crippen molar-refractivity contribution in [3.63, 3.8) is 0 Å². The summed E-state index contributed by atoms with van der Waals surface area (Å²) in [5.41, 5.74) is 1.80. The van der Waals surface area contributed by atoms with Gasteiger partial charge in [0.15, 0.2) is 24.7 Å². The lowest BCUT2D eigenvalue weighted by Crippen LogP contribution is -2.23. The summed E-state index contributed by atoms with van der Waals surface area (Å²) < 4.78 is 15.3. The first-order chi connectivity index (χ1) is 12.9. The molecule has 2 rings (SSSR count). The number of hydrogen-bond acceptors (Lipinski definition) is 6. The zero-order valence-corrected chi connectivity index (χ0v) is 15.5. The monoisotopic (exact) mass is 391 g/mol. The average molecular weight is 392 g/mol. The number of carbonyl (C=O) groups excluding carboxylic acids is 3. The molecule has 1 amide bonds.